The van der Waals surface area contributed by atoms with Crippen molar-refractivity contribution < 1.29 is 23.8 Å². The van der Waals surface area contributed by atoms with E-state index in [0.29, 0.717) is 46.1 Å². The lowest BCUT2D eigenvalue weighted by Gasteiger charge is -2.34. The number of carbonyl (C=O) groups is 2. The molecule has 2 amide bonds. The second-order valence-electron chi connectivity index (χ2n) is 10.2. The number of carbonyl (C=O) groups excluding carboxylic acids is 2. The van der Waals surface area contributed by atoms with Crippen LogP contribution in [0.1, 0.15) is 39.3 Å². The van der Waals surface area contributed by atoms with E-state index < -0.39 is 11.6 Å². The predicted octanol–water partition coefficient (Wildman–Crippen LogP) is 4.54. The molecule has 10 heteroatoms. The van der Waals surface area contributed by atoms with Crippen LogP contribution >= 0.6 is 0 Å². The summed E-state index contributed by atoms with van der Waals surface area (Å²) in [5, 5.41) is 11.4. The summed E-state index contributed by atoms with van der Waals surface area (Å²) in [6.07, 6.45) is 0. The number of methoxy groups -OCH3 is 2. The second-order valence-corrected chi connectivity index (χ2v) is 10.2. The Morgan fingerprint density at radius 3 is 2.33 bits per heavy atom. The van der Waals surface area contributed by atoms with Crippen molar-refractivity contribution >= 4 is 28.5 Å². The fourth-order valence-corrected chi connectivity index (χ4v) is 4.43. The van der Waals surface area contributed by atoms with Gasteiger partial charge in [-0.25, -0.2) is 4.68 Å². The van der Waals surface area contributed by atoms with E-state index in [0.717, 1.165) is 0 Å². The monoisotopic (exact) mass is 545 g/mol. The highest BCUT2D eigenvalue weighted by atomic mass is 16.5. The van der Waals surface area contributed by atoms with Gasteiger partial charge in [0.1, 0.15) is 35.4 Å². The molecule has 210 valence electrons. The van der Waals surface area contributed by atoms with Gasteiger partial charge in [-0.1, -0.05) is 17.3 Å². The third kappa shape index (κ3) is 6.33. The van der Waals surface area contributed by atoms with Gasteiger partial charge in [-0.3, -0.25) is 14.5 Å². The van der Waals surface area contributed by atoms with Crippen molar-refractivity contribution in [2.75, 3.05) is 25.7 Å². The van der Waals surface area contributed by atoms with E-state index in [2.05, 4.69) is 15.6 Å². The van der Waals surface area contributed by atoms with E-state index in [9.17, 15) is 9.59 Å². The quantitative estimate of drug-likeness (QED) is 0.312. The van der Waals surface area contributed by atoms with Crippen LogP contribution in [-0.2, 0) is 16.1 Å². The standard InChI is InChI=1S/C30H35N5O5/c1-7-40-21-14-12-20(13-15-21)35(27(36)19-34-25-11-9-8-10-24(25)32-33-34)28(29(37)31-30(2,3)4)23-18-22(38-5)16-17-26(23)39-6/h8-18,28H,7,19H2,1-6H3,(H,31,37)/t28-/m1/s1. The Morgan fingerprint density at radius 2 is 1.68 bits per heavy atom. The van der Waals surface area contributed by atoms with Gasteiger partial charge < -0.3 is 19.5 Å². The maximum Gasteiger partial charge on any atom is 0.249 e. The molecule has 4 rings (SSSR count). The molecule has 1 N–H and O–H groups in total. The molecule has 3 aromatic carbocycles. The summed E-state index contributed by atoms with van der Waals surface area (Å²) >= 11 is 0. The summed E-state index contributed by atoms with van der Waals surface area (Å²) in [6, 6.07) is 18.5. The minimum Gasteiger partial charge on any atom is -0.497 e. The van der Waals surface area contributed by atoms with Gasteiger partial charge in [0, 0.05) is 16.8 Å². The molecule has 1 aromatic heterocycles. The second kappa shape index (κ2) is 12.1. The fraction of sp³-hybridized carbons (Fsp3) is 0.333. The Labute approximate surface area is 233 Å². The number of anilines is 1. The van der Waals surface area contributed by atoms with E-state index in [4.69, 9.17) is 14.2 Å². The first-order valence-corrected chi connectivity index (χ1v) is 13.0. The van der Waals surface area contributed by atoms with Crippen molar-refractivity contribution in [3.8, 4) is 17.2 Å². The smallest absolute Gasteiger partial charge is 0.249 e. The molecule has 1 atom stereocenters. The van der Waals surface area contributed by atoms with Crippen LogP contribution in [-0.4, -0.2) is 53.2 Å². The lowest BCUT2D eigenvalue weighted by molar-refractivity contribution is -0.128. The zero-order valence-electron chi connectivity index (χ0n) is 23.7. The number of aromatic nitrogens is 3. The van der Waals surface area contributed by atoms with Crippen LogP contribution in [0.25, 0.3) is 11.0 Å². The number of hydrogen-bond acceptors (Lipinski definition) is 7. The topological polar surface area (TPSA) is 108 Å². The molecule has 0 saturated carbocycles. The predicted molar refractivity (Wildman–Crippen MR) is 153 cm³/mol. The van der Waals surface area contributed by atoms with Gasteiger partial charge in [-0.15, -0.1) is 5.10 Å². The van der Waals surface area contributed by atoms with Gasteiger partial charge >= 0.3 is 0 Å². The first-order valence-electron chi connectivity index (χ1n) is 13.0. The molecule has 1 heterocycles. The summed E-state index contributed by atoms with van der Waals surface area (Å²) < 4.78 is 18.3. The maximum atomic E-state index is 14.3. The first kappa shape index (κ1) is 28.4. The van der Waals surface area contributed by atoms with Crippen molar-refractivity contribution in [1.29, 1.82) is 0 Å². The summed E-state index contributed by atoms with van der Waals surface area (Å²) in [6.45, 7) is 7.90. The Hall–Kier alpha value is -4.60. The van der Waals surface area contributed by atoms with Gasteiger partial charge in [-0.2, -0.15) is 0 Å². The zero-order chi connectivity index (χ0) is 28.9. The molecule has 0 unspecified atom stereocenters. The Kier molecular flexibility index (Phi) is 8.57. The highest BCUT2D eigenvalue weighted by Crippen LogP contribution is 2.37. The van der Waals surface area contributed by atoms with Crippen LogP contribution in [0.15, 0.2) is 66.7 Å². The average Bonchev–Trinajstić information content (AvgIpc) is 3.33. The molecule has 0 radical (unpaired) electrons. The SMILES string of the molecule is CCOc1ccc(N(C(=O)Cn2nnc3ccccc32)[C@@H](C(=O)NC(C)(C)C)c2cc(OC)ccc2OC)cc1. The van der Waals surface area contributed by atoms with Crippen LogP contribution in [0.2, 0.25) is 0 Å². The molecular weight excluding hydrogens is 510 g/mol. The van der Waals surface area contributed by atoms with Crippen LogP contribution in [0, 0.1) is 0 Å². The molecule has 0 fully saturated rings. The van der Waals surface area contributed by atoms with E-state index in [1.807, 2.05) is 52.0 Å². The molecule has 40 heavy (non-hydrogen) atoms. The molecule has 0 aliphatic heterocycles. The van der Waals surface area contributed by atoms with Crippen molar-refractivity contribution in [2.24, 2.45) is 0 Å². The molecule has 0 aliphatic rings. The average molecular weight is 546 g/mol. The summed E-state index contributed by atoms with van der Waals surface area (Å²) in [4.78, 5) is 29.8. The summed E-state index contributed by atoms with van der Waals surface area (Å²) in [7, 11) is 3.07. The van der Waals surface area contributed by atoms with Crippen LogP contribution in [0.3, 0.4) is 0 Å². The Morgan fingerprint density at radius 1 is 0.975 bits per heavy atom. The number of ether oxygens (including phenoxy) is 3. The van der Waals surface area contributed by atoms with Crippen molar-refractivity contribution in [3.63, 3.8) is 0 Å². The first-order chi connectivity index (χ1) is 19.1. The normalized spacial score (nSPS) is 12.1. The van der Waals surface area contributed by atoms with E-state index >= 15 is 0 Å². The molecule has 0 aliphatic carbocycles. The van der Waals surface area contributed by atoms with Gasteiger partial charge in [0.15, 0.2) is 0 Å². The third-order valence-corrected chi connectivity index (χ3v) is 6.14. The largest absolute Gasteiger partial charge is 0.497 e. The van der Waals surface area contributed by atoms with Crippen LogP contribution in [0.4, 0.5) is 5.69 Å². The minimum absolute atomic E-state index is 0.153. The van der Waals surface area contributed by atoms with E-state index in [1.165, 1.54) is 16.7 Å². The van der Waals surface area contributed by atoms with Gasteiger partial charge in [-0.05, 0) is 82.3 Å². The summed E-state index contributed by atoms with van der Waals surface area (Å²) in [5.74, 6) is 0.842. The van der Waals surface area contributed by atoms with Crippen molar-refractivity contribution in [1.82, 2.24) is 20.3 Å². The number of nitrogens with one attached hydrogen (secondary N) is 1. The molecule has 0 spiro atoms. The highest BCUT2D eigenvalue weighted by Gasteiger charge is 2.37. The maximum absolute atomic E-state index is 14.3. The third-order valence-electron chi connectivity index (χ3n) is 6.14. The number of nitrogens with zero attached hydrogens (tertiary/aromatic N) is 4. The summed E-state index contributed by atoms with van der Waals surface area (Å²) in [5.41, 5.74) is 1.76. The van der Waals surface area contributed by atoms with Crippen LogP contribution in [0.5, 0.6) is 17.2 Å². The fourth-order valence-electron chi connectivity index (χ4n) is 4.43. The van der Waals surface area contributed by atoms with Crippen molar-refractivity contribution in [3.05, 3.63) is 72.3 Å². The van der Waals surface area contributed by atoms with Gasteiger partial charge in [0.05, 0.1) is 26.3 Å². The molecule has 4 aromatic rings. The molecule has 10 nitrogen and oxygen atoms in total. The number of hydrogen-bond donors (Lipinski definition) is 1. The van der Waals surface area contributed by atoms with Gasteiger partial charge in [0.2, 0.25) is 11.8 Å². The van der Waals surface area contributed by atoms with E-state index in [-0.39, 0.29) is 18.4 Å². The zero-order valence-corrected chi connectivity index (χ0v) is 23.7. The Balaban J connectivity index is 1.89. The number of para-hydroxylation sites is 1. The minimum atomic E-state index is -1.11. The lowest BCUT2D eigenvalue weighted by atomic mass is 9.99. The van der Waals surface area contributed by atoms with Crippen molar-refractivity contribution in [2.45, 2.75) is 45.8 Å². The number of benzene rings is 3. The Bertz CT molecular complexity index is 1480. The highest BCUT2D eigenvalue weighted by molar-refractivity contribution is 6.02. The molecular formula is C30H35N5O5. The lowest BCUT2D eigenvalue weighted by Crippen LogP contribution is -2.50. The molecule has 0 bridgehead atoms. The number of fused-ring (bicyclic) bond motifs is 1. The molecule has 0 saturated heterocycles. The number of amides is 2. The number of rotatable bonds is 10. The van der Waals surface area contributed by atoms with Gasteiger partial charge in [0.25, 0.3) is 0 Å². The van der Waals surface area contributed by atoms with Crippen LogP contribution < -0.4 is 24.4 Å². The van der Waals surface area contributed by atoms with E-state index in [1.54, 1.807) is 49.6 Å².